The van der Waals surface area contributed by atoms with E-state index in [4.69, 9.17) is 39.4 Å². The van der Waals surface area contributed by atoms with Gasteiger partial charge in [-0.3, -0.25) is 9.59 Å². The van der Waals surface area contributed by atoms with Gasteiger partial charge in [0.2, 0.25) is 11.8 Å². The van der Waals surface area contributed by atoms with Crippen molar-refractivity contribution in [3.8, 4) is 16.9 Å². The lowest BCUT2D eigenvalue weighted by molar-refractivity contribution is -0.129. The molecule has 238 valence electrons. The number of amides is 2. The van der Waals surface area contributed by atoms with Crippen LogP contribution in [0.25, 0.3) is 11.1 Å². The van der Waals surface area contributed by atoms with Crippen molar-refractivity contribution < 1.29 is 14.3 Å². The molecule has 5 aromatic rings. The van der Waals surface area contributed by atoms with E-state index in [0.29, 0.717) is 32.6 Å². The van der Waals surface area contributed by atoms with Gasteiger partial charge < -0.3 is 26.8 Å². The summed E-state index contributed by atoms with van der Waals surface area (Å²) in [5.74, 6) is -0.161. The number of hydrogen-bond donors (Lipinski definition) is 4. The van der Waals surface area contributed by atoms with E-state index in [1.807, 2.05) is 66.7 Å². The van der Waals surface area contributed by atoms with Crippen LogP contribution < -0.4 is 26.8 Å². The molecule has 5 rings (SSSR count). The van der Waals surface area contributed by atoms with E-state index in [9.17, 15) is 9.59 Å². The highest BCUT2D eigenvalue weighted by Crippen LogP contribution is 2.27. The maximum atomic E-state index is 13.5. The van der Waals surface area contributed by atoms with Gasteiger partial charge in [-0.2, -0.15) is 0 Å². The third-order valence-corrected chi connectivity index (χ3v) is 8.02. The molecule has 0 heterocycles. The van der Waals surface area contributed by atoms with Crippen LogP contribution in [0.1, 0.15) is 28.3 Å². The largest absolute Gasteiger partial charge is 0.489 e. The van der Waals surface area contributed by atoms with E-state index in [-0.39, 0.29) is 37.3 Å². The van der Waals surface area contributed by atoms with Crippen LogP contribution in [0.15, 0.2) is 126 Å². The minimum atomic E-state index is -0.959. The normalized spacial score (nSPS) is 11.3. The second kappa shape index (κ2) is 15.8. The van der Waals surface area contributed by atoms with Gasteiger partial charge in [-0.15, -0.1) is 0 Å². The quantitative estimate of drug-likeness (QED) is 0.0854. The summed E-state index contributed by atoms with van der Waals surface area (Å²) in [5.41, 5.74) is 16.6. The smallest absolute Gasteiger partial charge is 0.247 e. The number of aliphatic imine (C=N–C) groups is 1. The minimum absolute atomic E-state index is 0.0409. The fourth-order valence-electron chi connectivity index (χ4n) is 4.85. The maximum absolute atomic E-state index is 13.5. The van der Waals surface area contributed by atoms with E-state index in [2.05, 4.69) is 15.6 Å². The Kier molecular flexibility index (Phi) is 11.1. The van der Waals surface area contributed by atoms with Crippen molar-refractivity contribution in [2.24, 2.45) is 16.5 Å². The molecule has 0 radical (unpaired) electrons. The van der Waals surface area contributed by atoms with E-state index in [0.717, 1.165) is 22.3 Å². The van der Waals surface area contributed by atoms with Crippen LogP contribution in [-0.2, 0) is 29.2 Å². The van der Waals surface area contributed by atoms with Crippen LogP contribution in [-0.4, -0.2) is 17.8 Å². The molecule has 0 aliphatic carbocycles. The van der Waals surface area contributed by atoms with Gasteiger partial charge in [-0.05, 0) is 64.2 Å². The van der Waals surface area contributed by atoms with Crippen molar-refractivity contribution in [1.29, 1.82) is 0 Å². The van der Waals surface area contributed by atoms with Crippen molar-refractivity contribution in [2.75, 3.05) is 0 Å². The predicted octanol–water partition coefficient (Wildman–Crippen LogP) is 6.86. The van der Waals surface area contributed by atoms with Crippen molar-refractivity contribution in [2.45, 2.75) is 25.6 Å². The molecule has 0 aromatic heterocycles. The van der Waals surface area contributed by atoms with Gasteiger partial charge in [-0.25, -0.2) is 4.99 Å². The molecule has 10 heteroatoms. The number of nitrogens with two attached hydrogens (primary N) is 2. The molecule has 8 nitrogen and oxygen atoms in total. The SMILES string of the molecule is NC(N)=Nc1ccc(CNC(=O)[C@@H](NC(=O)Cc2ccc(-c3ccccc3)cc2)c2ccc(OCc3c(Cl)cccc3Cl)cc2)cc1. The molecule has 0 aliphatic heterocycles. The van der Waals surface area contributed by atoms with Crippen LogP contribution in [0.5, 0.6) is 5.75 Å². The Morgan fingerprint density at radius 1 is 0.723 bits per heavy atom. The van der Waals surface area contributed by atoms with E-state index >= 15 is 0 Å². The Morgan fingerprint density at radius 2 is 1.34 bits per heavy atom. The highest BCUT2D eigenvalue weighted by Gasteiger charge is 2.23. The van der Waals surface area contributed by atoms with Gasteiger partial charge in [0.25, 0.3) is 0 Å². The molecule has 0 spiro atoms. The lowest BCUT2D eigenvalue weighted by atomic mass is 10.0. The molecule has 0 bridgehead atoms. The van der Waals surface area contributed by atoms with Crippen molar-refractivity contribution in [1.82, 2.24) is 10.6 Å². The summed E-state index contributed by atoms with van der Waals surface area (Å²) in [7, 11) is 0. The van der Waals surface area contributed by atoms with Crippen molar-refractivity contribution >= 4 is 46.7 Å². The third kappa shape index (κ3) is 9.36. The molecule has 0 aliphatic rings. The number of benzene rings is 5. The molecular formula is C37H33Cl2N5O3. The average molecular weight is 667 g/mol. The highest BCUT2D eigenvalue weighted by atomic mass is 35.5. The number of rotatable bonds is 12. The third-order valence-electron chi connectivity index (χ3n) is 7.31. The summed E-state index contributed by atoms with van der Waals surface area (Å²) >= 11 is 12.6. The molecule has 1 atom stereocenters. The fourth-order valence-corrected chi connectivity index (χ4v) is 5.36. The number of hydrogen-bond acceptors (Lipinski definition) is 4. The molecular weight excluding hydrogens is 633 g/mol. The van der Waals surface area contributed by atoms with E-state index in [1.54, 1.807) is 54.6 Å². The predicted molar refractivity (Wildman–Crippen MR) is 187 cm³/mol. The van der Waals surface area contributed by atoms with Gasteiger partial charge in [0.15, 0.2) is 5.96 Å². The fraction of sp³-hybridized carbons (Fsp3) is 0.108. The summed E-state index contributed by atoms with van der Waals surface area (Å²) < 4.78 is 5.91. The summed E-state index contributed by atoms with van der Waals surface area (Å²) in [4.78, 5) is 30.8. The number of nitrogens with zero attached hydrogens (tertiary/aromatic N) is 1. The standard InChI is InChI=1S/C37H33Cl2N5O3/c38-32-7-4-8-33(39)31(32)23-47-30-19-15-28(16-20-30)35(36(46)42-22-25-11-17-29(18-12-25)43-37(40)41)44-34(45)21-24-9-13-27(14-10-24)26-5-2-1-3-6-26/h1-20,35H,21-23H2,(H,42,46)(H,44,45)(H4,40,41,43)/t35-/m0/s1. The van der Waals surface area contributed by atoms with E-state index in [1.165, 1.54) is 0 Å². The molecule has 5 aromatic carbocycles. The van der Waals surface area contributed by atoms with Gasteiger partial charge in [0, 0.05) is 22.2 Å². The van der Waals surface area contributed by atoms with Gasteiger partial charge in [-0.1, -0.05) is 108 Å². The molecule has 0 unspecified atom stereocenters. The Morgan fingerprint density at radius 3 is 1.98 bits per heavy atom. The minimum Gasteiger partial charge on any atom is -0.489 e. The van der Waals surface area contributed by atoms with Crippen LogP contribution in [0, 0.1) is 0 Å². The zero-order valence-electron chi connectivity index (χ0n) is 25.3. The Bertz CT molecular complexity index is 1820. The Balaban J connectivity index is 1.28. The average Bonchev–Trinajstić information content (AvgIpc) is 3.07. The second-order valence-corrected chi connectivity index (χ2v) is 11.5. The summed E-state index contributed by atoms with van der Waals surface area (Å²) in [5, 5.41) is 6.86. The van der Waals surface area contributed by atoms with Crippen LogP contribution in [0.3, 0.4) is 0 Å². The topological polar surface area (TPSA) is 132 Å². The molecule has 6 N–H and O–H groups in total. The number of carbonyl (C=O) groups is 2. The summed E-state index contributed by atoms with van der Waals surface area (Å²) in [6.45, 7) is 0.400. The first kappa shape index (κ1) is 33.1. The van der Waals surface area contributed by atoms with Crippen LogP contribution in [0.2, 0.25) is 10.0 Å². The van der Waals surface area contributed by atoms with Gasteiger partial charge >= 0.3 is 0 Å². The number of nitrogens with one attached hydrogen (secondary N) is 2. The molecule has 0 saturated heterocycles. The monoisotopic (exact) mass is 665 g/mol. The van der Waals surface area contributed by atoms with Gasteiger partial charge in [0.1, 0.15) is 18.4 Å². The van der Waals surface area contributed by atoms with Gasteiger partial charge in [0.05, 0.1) is 12.1 Å². The van der Waals surface area contributed by atoms with E-state index < -0.39 is 6.04 Å². The number of carbonyl (C=O) groups excluding carboxylic acids is 2. The number of ether oxygens (including phenoxy) is 1. The van der Waals surface area contributed by atoms with Crippen LogP contribution in [0.4, 0.5) is 5.69 Å². The number of guanidine groups is 1. The zero-order chi connectivity index (χ0) is 33.2. The molecule has 2 amide bonds. The lowest BCUT2D eigenvalue weighted by Crippen LogP contribution is -2.40. The summed E-state index contributed by atoms with van der Waals surface area (Å²) in [6, 6.07) is 36.2. The first-order chi connectivity index (χ1) is 22.7. The van der Waals surface area contributed by atoms with Crippen molar-refractivity contribution in [3.05, 3.63) is 154 Å². The maximum Gasteiger partial charge on any atom is 0.247 e. The van der Waals surface area contributed by atoms with Crippen LogP contribution >= 0.6 is 23.2 Å². The highest BCUT2D eigenvalue weighted by molar-refractivity contribution is 6.35. The van der Waals surface area contributed by atoms with Crippen molar-refractivity contribution in [3.63, 3.8) is 0 Å². The molecule has 0 saturated carbocycles. The Labute approximate surface area is 283 Å². The first-order valence-corrected chi connectivity index (χ1v) is 15.6. The molecule has 0 fully saturated rings. The Hall–Kier alpha value is -5.31. The zero-order valence-corrected chi connectivity index (χ0v) is 26.8. The lowest BCUT2D eigenvalue weighted by Gasteiger charge is -2.20. The second-order valence-electron chi connectivity index (χ2n) is 10.7. The summed E-state index contributed by atoms with van der Waals surface area (Å²) in [6.07, 6.45) is 0.102. The first-order valence-electron chi connectivity index (χ1n) is 14.8. The molecule has 47 heavy (non-hydrogen) atoms. The number of halogens is 2.